The van der Waals surface area contributed by atoms with Crippen molar-refractivity contribution in [1.82, 2.24) is 15.0 Å². The lowest BCUT2D eigenvalue weighted by Crippen LogP contribution is -2.41. The van der Waals surface area contributed by atoms with Crippen molar-refractivity contribution in [3.05, 3.63) is 46.6 Å². The third-order valence-electron chi connectivity index (χ3n) is 7.16. The number of benzene rings is 1. The number of fused-ring (bicyclic) bond motifs is 3. The van der Waals surface area contributed by atoms with Gasteiger partial charge in [0.05, 0.1) is 41.1 Å². The number of hydrogen-bond donors (Lipinski definition) is 3. The Labute approximate surface area is 206 Å². The van der Waals surface area contributed by atoms with Crippen molar-refractivity contribution in [2.45, 2.75) is 12.5 Å². The number of amides is 1. The molecule has 0 unspecified atom stereocenters. The second-order valence-corrected chi connectivity index (χ2v) is 9.89. The summed E-state index contributed by atoms with van der Waals surface area (Å²) in [4.78, 5) is 26.8. The third-order valence-corrected chi connectivity index (χ3v) is 7.76. The number of anilines is 2. The number of H-pyrrole nitrogens is 1. The third kappa shape index (κ3) is 3.61. The molecule has 34 heavy (non-hydrogen) atoms. The number of aromatic nitrogens is 3. The predicted octanol–water partition coefficient (Wildman–Crippen LogP) is 3.86. The molecule has 1 amide bonds. The highest BCUT2D eigenvalue weighted by Crippen LogP contribution is 2.46. The summed E-state index contributed by atoms with van der Waals surface area (Å²) in [5.74, 6) is 0.418. The number of primary amides is 1. The van der Waals surface area contributed by atoms with Gasteiger partial charge in [-0.3, -0.25) is 4.79 Å². The number of pyridine rings is 1. The summed E-state index contributed by atoms with van der Waals surface area (Å²) < 4.78 is 5.44. The van der Waals surface area contributed by atoms with Crippen LogP contribution in [0.3, 0.4) is 0 Å². The van der Waals surface area contributed by atoms with Gasteiger partial charge in [0.1, 0.15) is 11.3 Å². The van der Waals surface area contributed by atoms with Gasteiger partial charge in [0.2, 0.25) is 5.91 Å². The van der Waals surface area contributed by atoms with E-state index in [-0.39, 0.29) is 29.7 Å². The van der Waals surface area contributed by atoms with Crippen LogP contribution in [0.5, 0.6) is 0 Å². The number of nitrogens with zero attached hydrogens (tertiary/aromatic N) is 3. The van der Waals surface area contributed by atoms with Gasteiger partial charge >= 0.3 is 0 Å². The average molecular weight is 499 g/mol. The monoisotopic (exact) mass is 498 g/mol. The number of rotatable bonds is 5. The summed E-state index contributed by atoms with van der Waals surface area (Å²) in [5.41, 5.74) is 9.43. The van der Waals surface area contributed by atoms with E-state index in [9.17, 15) is 4.79 Å². The predicted molar refractivity (Wildman–Crippen MR) is 133 cm³/mol. The van der Waals surface area contributed by atoms with E-state index in [2.05, 4.69) is 37.3 Å². The quantitative estimate of drug-likeness (QED) is 0.460. The standard InChI is InChI=1S/C24H24Cl2N6O2/c25-16-10-14(32-5-7-34-8-6-32)3-4-15(16)23-30-21-20(17(26)11-28-24(21)31-23)29-19-13-2-1-12(9-13)18(19)22(27)33/h1-4,10-13,18-19H,5-9H2,(H2,27,33)(H2,28,29,30,31)/t12-,13-,18+,19-/m1/s1. The fourth-order valence-electron chi connectivity index (χ4n) is 5.49. The van der Waals surface area contributed by atoms with Crippen molar-refractivity contribution in [2.75, 3.05) is 36.5 Å². The number of carbonyl (C=O) groups is 1. The van der Waals surface area contributed by atoms with Crippen molar-refractivity contribution in [3.8, 4) is 11.4 Å². The summed E-state index contributed by atoms with van der Waals surface area (Å²) >= 11 is 13.2. The Balaban J connectivity index is 1.34. The minimum absolute atomic E-state index is 0.126. The van der Waals surface area contributed by atoms with Crippen LogP contribution in [0, 0.1) is 17.8 Å². The highest BCUT2D eigenvalue weighted by atomic mass is 35.5. The van der Waals surface area contributed by atoms with E-state index >= 15 is 0 Å². The molecule has 0 spiro atoms. The lowest BCUT2D eigenvalue weighted by Gasteiger charge is -2.29. The van der Waals surface area contributed by atoms with Gasteiger partial charge in [0.25, 0.3) is 0 Å². The Kier molecular flexibility index (Phi) is 5.39. The van der Waals surface area contributed by atoms with Crippen LogP contribution in [0.4, 0.5) is 11.4 Å². The minimum atomic E-state index is -0.298. The molecule has 2 fully saturated rings. The molecule has 2 aromatic heterocycles. The number of carbonyl (C=O) groups excluding carboxylic acids is 1. The van der Waals surface area contributed by atoms with Crippen LogP contribution in [0.2, 0.25) is 10.0 Å². The van der Waals surface area contributed by atoms with Gasteiger partial charge in [-0.1, -0.05) is 35.4 Å². The molecule has 1 aliphatic heterocycles. The first-order valence-corrected chi connectivity index (χ1v) is 12.2. The minimum Gasteiger partial charge on any atom is -0.378 e. The lowest BCUT2D eigenvalue weighted by molar-refractivity contribution is -0.122. The first-order chi connectivity index (χ1) is 16.5. The normalized spacial score (nSPS) is 25.9. The van der Waals surface area contributed by atoms with Gasteiger partial charge in [-0.15, -0.1) is 0 Å². The number of aromatic amines is 1. The molecule has 1 saturated carbocycles. The van der Waals surface area contributed by atoms with Gasteiger partial charge in [-0.2, -0.15) is 0 Å². The van der Waals surface area contributed by atoms with E-state index < -0.39 is 0 Å². The molecule has 4 N–H and O–H groups in total. The summed E-state index contributed by atoms with van der Waals surface area (Å²) in [6, 6.07) is 5.83. The van der Waals surface area contributed by atoms with E-state index in [1.165, 1.54) is 0 Å². The molecule has 10 heteroatoms. The van der Waals surface area contributed by atoms with Crippen molar-refractivity contribution in [2.24, 2.45) is 23.5 Å². The van der Waals surface area contributed by atoms with E-state index in [4.69, 9.17) is 33.7 Å². The van der Waals surface area contributed by atoms with Crippen molar-refractivity contribution in [1.29, 1.82) is 0 Å². The number of nitrogens with one attached hydrogen (secondary N) is 2. The molecule has 8 nitrogen and oxygen atoms in total. The topological polar surface area (TPSA) is 109 Å². The molecule has 3 aliphatic rings. The second-order valence-electron chi connectivity index (χ2n) is 9.08. The zero-order chi connectivity index (χ0) is 23.4. The van der Waals surface area contributed by atoms with Crippen molar-refractivity contribution < 1.29 is 9.53 Å². The molecule has 2 aliphatic carbocycles. The highest BCUT2D eigenvalue weighted by Gasteiger charge is 2.47. The van der Waals surface area contributed by atoms with Crippen LogP contribution in [-0.2, 0) is 9.53 Å². The Hall–Kier alpha value is -2.81. The molecule has 6 rings (SSSR count). The first kappa shape index (κ1) is 21.7. The Morgan fingerprint density at radius 1 is 1.18 bits per heavy atom. The first-order valence-electron chi connectivity index (χ1n) is 11.4. The fourth-order valence-corrected chi connectivity index (χ4v) is 5.95. The van der Waals surface area contributed by atoms with Crippen molar-refractivity contribution >= 4 is 51.6 Å². The summed E-state index contributed by atoms with van der Waals surface area (Å²) in [7, 11) is 0. The van der Waals surface area contributed by atoms with Crippen LogP contribution >= 0.6 is 23.2 Å². The Morgan fingerprint density at radius 2 is 1.97 bits per heavy atom. The second kappa shape index (κ2) is 8.45. The number of halogens is 2. The largest absolute Gasteiger partial charge is 0.378 e. The highest BCUT2D eigenvalue weighted by molar-refractivity contribution is 6.34. The number of ether oxygens (including phenoxy) is 1. The molecule has 0 radical (unpaired) electrons. The summed E-state index contributed by atoms with van der Waals surface area (Å²) in [5, 5.41) is 4.54. The molecule has 4 atom stereocenters. The molecule has 1 saturated heterocycles. The summed E-state index contributed by atoms with van der Waals surface area (Å²) in [6.45, 7) is 3.09. The Bertz CT molecular complexity index is 1300. The van der Waals surface area contributed by atoms with E-state index in [1.54, 1.807) is 6.20 Å². The van der Waals surface area contributed by atoms with Crippen LogP contribution < -0.4 is 16.0 Å². The van der Waals surface area contributed by atoms with Gasteiger partial charge in [0.15, 0.2) is 5.65 Å². The zero-order valence-corrected chi connectivity index (χ0v) is 19.8. The number of allylic oxidation sites excluding steroid dienone is 1. The zero-order valence-electron chi connectivity index (χ0n) is 18.3. The molecular weight excluding hydrogens is 475 g/mol. The van der Waals surface area contributed by atoms with Crippen molar-refractivity contribution in [3.63, 3.8) is 0 Å². The van der Waals surface area contributed by atoms with E-state index in [0.717, 1.165) is 30.8 Å². The van der Waals surface area contributed by atoms with Gasteiger partial charge < -0.3 is 25.7 Å². The number of imidazole rings is 1. The smallest absolute Gasteiger partial charge is 0.223 e. The molecule has 2 bridgehead atoms. The molecular formula is C24H24Cl2N6O2. The Morgan fingerprint density at radius 3 is 2.74 bits per heavy atom. The van der Waals surface area contributed by atoms with Gasteiger partial charge in [-0.05, 0) is 36.5 Å². The number of hydrogen-bond acceptors (Lipinski definition) is 6. The summed E-state index contributed by atoms with van der Waals surface area (Å²) in [6.07, 6.45) is 6.74. The molecule has 3 heterocycles. The van der Waals surface area contributed by atoms with Crippen LogP contribution in [0.15, 0.2) is 36.5 Å². The molecule has 176 valence electrons. The number of morpholine rings is 1. The van der Waals surface area contributed by atoms with Crippen LogP contribution in [0.25, 0.3) is 22.6 Å². The lowest BCUT2D eigenvalue weighted by atomic mass is 9.88. The van der Waals surface area contributed by atoms with Gasteiger partial charge in [-0.25, -0.2) is 9.97 Å². The average Bonchev–Trinajstić information content (AvgIpc) is 3.56. The van der Waals surface area contributed by atoms with Crippen LogP contribution in [-0.4, -0.2) is 53.2 Å². The van der Waals surface area contributed by atoms with Gasteiger partial charge in [0, 0.05) is 30.4 Å². The van der Waals surface area contributed by atoms with E-state index in [0.29, 0.717) is 45.9 Å². The molecule has 3 aromatic rings. The maximum absolute atomic E-state index is 12.2. The number of nitrogens with two attached hydrogens (primary N) is 1. The SMILES string of the molecule is NC(=O)[C@@H]1[C@H](Nc2c(Cl)cnc3nc(-c4ccc(N5CCOCC5)cc4Cl)[nH]c23)[C@@H]2C=C[C@@H]1C2. The maximum Gasteiger partial charge on any atom is 0.223 e. The van der Waals surface area contributed by atoms with Crippen LogP contribution in [0.1, 0.15) is 6.42 Å². The molecule has 1 aromatic carbocycles. The fraction of sp³-hybridized carbons (Fsp3) is 0.375. The van der Waals surface area contributed by atoms with E-state index in [1.807, 2.05) is 18.2 Å². The maximum atomic E-state index is 12.2.